The van der Waals surface area contributed by atoms with Gasteiger partial charge in [0.05, 0.1) is 5.56 Å². The number of aliphatic imine (C=N–C) groups is 1. The van der Waals surface area contributed by atoms with Crippen molar-refractivity contribution in [3.8, 4) is 5.75 Å². The molecule has 0 bridgehead atoms. The van der Waals surface area contributed by atoms with Crippen molar-refractivity contribution in [3.05, 3.63) is 64.7 Å². The normalized spacial score (nSPS) is 14.9. The fourth-order valence-electron chi connectivity index (χ4n) is 3.65. The summed E-state index contributed by atoms with van der Waals surface area (Å²) in [5, 5.41) is 9.34. The van der Waals surface area contributed by atoms with Crippen LogP contribution in [-0.4, -0.2) is 40.9 Å². The summed E-state index contributed by atoms with van der Waals surface area (Å²) < 4.78 is 41.1. The quantitative estimate of drug-likeness (QED) is 0.507. The summed E-state index contributed by atoms with van der Waals surface area (Å²) in [4.78, 5) is 29.4. The molecule has 0 saturated carbocycles. The number of halogens is 3. The van der Waals surface area contributed by atoms with Crippen molar-refractivity contribution in [2.24, 2.45) is 16.5 Å². The average Bonchev–Trinajstić information content (AvgIpc) is 2.72. The number of hydrogen-bond donors (Lipinski definition) is 3. The molecule has 0 radical (unpaired) electrons. The molecule has 1 aliphatic heterocycles. The second-order valence-electron chi connectivity index (χ2n) is 7.25. The Hall–Kier alpha value is -3.56. The minimum atomic E-state index is -4.66. The molecule has 2 aromatic carbocycles. The van der Waals surface area contributed by atoms with E-state index in [4.69, 9.17) is 11.5 Å². The van der Waals surface area contributed by atoms with Gasteiger partial charge >= 0.3 is 6.18 Å². The van der Waals surface area contributed by atoms with E-state index in [-0.39, 0.29) is 35.9 Å². The molecule has 31 heavy (non-hydrogen) atoms. The van der Waals surface area contributed by atoms with Crippen LogP contribution in [0.15, 0.2) is 47.5 Å². The highest BCUT2D eigenvalue weighted by atomic mass is 19.4. The Morgan fingerprint density at radius 2 is 1.58 bits per heavy atom. The Kier molecular flexibility index (Phi) is 6.19. The molecule has 1 saturated heterocycles. The predicted molar refractivity (Wildman–Crippen MR) is 108 cm³/mol. The molecule has 5 N–H and O–H groups in total. The molecule has 0 spiro atoms. The van der Waals surface area contributed by atoms with E-state index in [2.05, 4.69) is 4.99 Å². The first-order valence-corrected chi connectivity index (χ1v) is 9.49. The molecule has 2 amide bonds. The molecular formula is C21H21F3N4O3. The van der Waals surface area contributed by atoms with E-state index in [1.165, 1.54) is 36.4 Å². The Balaban J connectivity index is 1.79. The summed E-state index contributed by atoms with van der Waals surface area (Å²) in [7, 11) is 0. The van der Waals surface area contributed by atoms with Crippen molar-refractivity contribution in [2.45, 2.75) is 24.9 Å². The van der Waals surface area contributed by atoms with E-state index in [1.807, 2.05) is 0 Å². The molecule has 10 heteroatoms. The lowest BCUT2D eigenvalue weighted by molar-refractivity contribution is -0.138. The van der Waals surface area contributed by atoms with Crippen molar-refractivity contribution in [3.63, 3.8) is 0 Å². The van der Waals surface area contributed by atoms with Crippen LogP contribution in [0.4, 0.5) is 13.2 Å². The maximum atomic E-state index is 13.7. The predicted octanol–water partition coefficient (Wildman–Crippen LogP) is 2.84. The largest absolute Gasteiger partial charge is 0.508 e. The smallest absolute Gasteiger partial charge is 0.416 e. The first kappa shape index (κ1) is 22.1. The van der Waals surface area contributed by atoms with Crippen LogP contribution in [0.3, 0.4) is 0 Å². The summed E-state index contributed by atoms with van der Waals surface area (Å²) in [5.74, 6) is -2.11. The van der Waals surface area contributed by atoms with Gasteiger partial charge in [-0.2, -0.15) is 18.2 Å². The molecule has 1 fully saturated rings. The van der Waals surface area contributed by atoms with Crippen molar-refractivity contribution in [1.29, 1.82) is 0 Å². The van der Waals surface area contributed by atoms with Crippen LogP contribution in [0.2, 0.25) is 0 Å². The number of rotatable bonds is 3. The highest BCUT2D eigenvalue weighted by Gasteiger charge is 2.37. The van der Waals surface area contributed by atoms with Gasteiger partial charge in [0, 0.05) is 24.2 Å². The van der Waals surface area contributed by atoms with Crippen LogP contribution in [0.25, 0.3) is 0 Å². The number of nitrogens with two attached hydrogens (primary N) is 2. The summed E-state index contributed by atoms with van der Waals surface area (Å²) in [6, 6.07) is 9.11. The van der Waals surface area contributed by atoms with Gasteiger partial charge in [-0.25, -0.2) is 0 Å². The molecule has 0 aliphatic carbocycles. The average molecular weight is 434 g/mol. The molecule has 0 unspecified atom stereocenters. The molecule has 0 aromatic heterocycles. The number of piperidine rings is 1. The first-order valence-electron chi connectivity index (χ1n) is 9.49. The summed E-state index contributed by atoms with van der Waals surface area (Å²) in [6.07, 6.45) is -3.98. The number of alkyl halides is 3. The lowest BCUT2D eigenvalue weighted by Gasteiger charge is -2.33. The van der Waals surface area contributed by atoms with Crippen molar-refractivity contribution >= 4 is 17.8 Å². The van der Waals surface area contributed by atoms with Gasteiger partial charge in [0.25, 0.3) is 11.8 Å². The zero-order chi connectivity index (χ0) is 22.8. The molecule has 3 rings (SSSR count). The molecule has 1 aliphatic rings. The molecular weight excluding hydrogens is 413 g/mol. The molecule has 2 aromatic rings. The third-order valence-electron chi connectivity index (χ3n) is 5.17. The van der Waals surface area contributed by atoms with Gasteiger partial charge in [-0.05, 0) is 60.7 Å². The fourth-order valence-corrected chi connectivity index (χ4v) is 3.65. The maximum Gasteiger partial charge on any atom is 0.416 e. The van der Waals surface area contributed by atoms with Crippen LogP contribution < -0.4 is 11.5 Å². The van der Waals surface area contributed by atoms with E-state index in [9.17, 15) is 27.9 Å². The number of phenolic OH excluding ortho intramolecular Hbond substituents is 1. The van der Waals surface area contributed by atoms with Crippen molar-refractivity contribution in [2.75, 3.05) is 13.1 Å². The summed E-state index contributed by atoms with van der Waals surface area (Å²) in [5.41, 5.74) is 9.56. The van der Waals surface area contributed by atoms with Crippen LogP contribution in [0.5, 0.6) is 5.75 Å². The number of carbonyl (C=O) groups excluding carboxylic acids is 2. The minimum Gasteiger partial charge on any atom is -0.508 e. The minimum absolute atomic E-state index is 0.0386. The third kappa shape index (κ3) is 5.14. The van der Waals surface area contributed by atoms with Gasteiger partial charge < -0.3 is 21.5 Å². The van der Waals surface area contributed by atoms with Gasteiger partial charge in [0.2, 0.25) is 0 Å². The standard InChI is InChI=1S/C21H21F3N4O3/c22-21(23,24)17-11-14(18(30)27-20(25)26)3-6-16(17)12-7-9-28(10-8-12)19(31)13-1-4-15(29)5-2-13/h1-6,11-12,29H,7-10H2,(H4,25,26,27,30). The van der Waals surface area contributed by atoms with E-state index in [0.717, 1.165) is 6.07 Å². The zero-order valence-corrected chi connectivity index (χ0v) is 16.4. The maximum absolute atomic E-state index is 13.7. The number of aromatic hydroxyl groups is 1. The van der Waals surface area contributed by atoms with Crippen LogP contribution in [0, 0.1) is 0 Å². The number of benzene rings is 2. The van der Waals surface area contributed by atoms with Crippen molar-refractivity contribution < 1.29 is 27.9 Å². The SMILES string of the molecule is NC(N)=NC(=O)c1ccc(C2CCN(C(=O)c3ccc(O)cc3)CC2)c(C(F)(F)F)c1. The monoisotopic (exact) mass is 434 g/mol. The lowest BCUT2D eigenvalue weighted by Crippen LogP contribution is -2.38. The number of nitrogens with zero attached hydrogens (tertiary/aromatic N) is 2. The number of hydrogen-bond acceptors (Lipinski definition) is 3. The number of phenols is 1. The number of carbonyl (C=O) groups is 2. The van der Waals surface area contributed by atoms with Gasteiger partial charge in [-0.1, -0.05) is 6.07 Å². The number of guanidine groups is 1. The highest BCUT2D eigenvalue weighted by Crippen LogP contribution is 2.39. The van der Waals surface area contributed by atoms with E-state index in [1.54, 1.807) is 4.90 Å². The summed E-state index contributed by atoms with van der Waals surface area (Å²) in [6.45, 7) is 0.576. The Morgan fingerprint density at radius 1 is 1.00 bits per heavy atom. The molecule has 7 nitrogen and oxygen atoms in total. The van der Waals surface area contributed by atoms with Crippen LogP contribution in [0.1, 0.15) is 50.6 Å². The third-order valence-corrected chi connectivity index (χ3v) is 5.17. The second kappa shape index (κ2) is 8.66. The summed E-state index contributed by atoms with van der Waals surface area (Å²) >= 11 is 0. The van der Waals surface area contributed by atoms with Crippen LogP contribution in [-0.2, 0) is 6.18 Å². The van der Waals surface area contributed by atoms with Crippen molar-refractivity contribution in [1.82, 2.24) is 4.90 Å². The topological polar surface area (TPSA) is 122 Å². The van der Waals surface area contributed by atoms with Crippen LogP contribution >= 0.6 is 0 Å². The van der Waals surface area contributed by atoms with Gasteiger partial charge in [-0.15, -0.1) is 0 Å². The lowest BCUT2D eigenvalue weighted by atomic mass is 9.85. The Labute approximate surface area is 176 Å². The van der Waals surface area contributed by atoms with E-state index >= 15 is 0 Å². The van der Waals surface area contributed by atoms with E-state index in [0.29, 0.717) is 18.4 Å². The Bertz CT molecular complexity index is 1010. The van der Waals surface area contributed by atoms with Gasteiger partial charge in [-0.3, -0.25) is 9.59 Å². The second-order valence-corrected chi connectivity index (χ2v) is 7.25. The fraction of sp³-hybridized carbons (Fsp3) is 0.286. The molecule has 0 atom stereocenters. The first-order chi connectivity index (χ1) is 14.6. The van der Waals surface area contributed by atoms with E-state index < -0.39 is 29.5 Å². The van der Waals surface area contributed by atoms with Gasteiger partial charge in [0.15, 0.2) is 5.96 Å². The highest BCUT2D eigenvalue weighted by molar-refractivity contribution is 6.02. The number of likely N-dealkylation sites (tertiary alicyclic amines) is 1. The number of amides is 2. The Morgan fingerprint density at radius 3 is 2.13 bits per heavy atom. The molecule has 1 heterocycles. The molecule has 164 valence electrons. The van der Waals surface area contributed by atoms with Gasteiger partial charge in [0.1, 0.15) is 5.75 Å². The zero-order valence-electron chi connectivity index (χ0n) is 16.4.